The van der Waals surface area contributed by atoms with Crippen LogP contribution in [0.4, 0.5) is 17.3 Å². The zero-order chi connectivity index (χ0) is 22.5. The molecule has 0 saturated carbocycles. The minimum absolute atomic E-state index is 0.158. The third kappa shape index (κ3) is 4.71. The highest BCUT2D eigenvalue weighted by molar-refractivity contribution is 5.74. The van der Waals surface area contributed by atoms with Crippen molar-refractivity contribution < 1.29 is 5.11 Å². The Morgan fingerprint density at radius 1 is 1.12 bits per heavy atom. The molecule has 1 atom stereocenters. The van der Waals surface area contributed by atoms with Crippen LogP contribution >= 0.6 is 0 Å². The summed E-state index contributed by atoms with van der Waals surface area (Å²) in [6.07, 6.45) is 1.72. The van der Waals surface area contributed by atoms with E-state index in [1.807, 2.05) is 24.3 Å². The molecular formula is C23H26N8O. The van der Waals surface area contributed by atoms with Gasteiger partial charge in [0.25, 0.3) is 0 Å². The Labute approximate surface area is 187 Å². The van der Waals surface area contributed by atoms with E-state index in [1.54, 1.807) is 18.3 Å². The maximum atomic E-state index is 10.2. The van der Waals surface area contributed by atoms with Crippen LogP contribution in [0, 0.1) is 17.8 Å². The molecule has 0 aliphatic carbocycles. The molecule has 5 N–H and O–H groups in total. The van der Waals surface area contributed by atoms with Crippen LogP contribution in [0.2, 0.25) is 0 Å². The van der Waals surface area contributed by atoms with Gasteiger partial charge in [-0.25, -0.2) is 9.97 Å². The highest BCUT2D eigenvalue weighted by atomic mass is 16.3. The molecule has 1 saturated heterocycles. The minimum atomic E-state index is 0.158. The van der Waals surface area contributed by atoms with Gasteiger partial charge >= 0.3 is 0 Å². The Morgan fingerprint density at radius 2 is 1.91 bits per heavy atom. The number of rotatable bonds is 3. The fourth-order valence-corrected chi connectivity index (χ4v) is 3.84. The molecule has 32 heavy (non-hydrogen) atoms. The standard InChI is InChI=1S/C23H26N8O/c1-16-14-30(11-12-31(15-16)22-8-10-26-21(27-22)7-4-9-24)19-13-18(28-29-23(19)25)17-5-2-3-6-20(17)32/h2-3,5-6,8,10,13,16,32H,9,11-12,14-15,24H2,1H3,(H2,25,29). The Bertz CT molecular complexity index is 1160. The fourth-order valence-electron chi connectivity index (χ4n) is 3.84. The van der Waals surface area contributed by atoms with Crippen molar-refractivity contribution in [3.63, 3.8) is 0 Å². The van der Waals surface area contributed by atoms with Crippen LogP contribution in [-0.2, 0) is 0 Å². The first-order chi connectivity index (χ1) is 15.5. The van der Waals surface area contributed by atoms with E-state index >= 15 is 0 Å². The van der Waals surface area contributed by atoms with E-state index in [1.165, 1.54) is 0 Å². The Hall–Kier alpha value is -3.90. The van der Waals surface area contributed by atoms with Crippen molar-refractivity contribution >= 4 is 17.3 Å². The van der Waals surface area contributed by atoms with Crippen LogP contribution in [0.5, 0.6) is 5.75 Å². The first kappa shape index (κ1) is 21.3. The Balaban J connectivity index is 1.58. The Kier molecular flexibility index (Phi) is 6.33. The van der Waals surface area contributed by atoms with Gasteiger partial charge in [0.05, 0.1) is 17.9 Å². The second kappa shape index (κ2) is 9.49. The molecule has 2 aromatic heterocycles. The molecule has 4 rings (SSSR count). The lowest BCUT2D eigenvalue weighted by Gasteiger charge is -2.25. The second-order valence-electron chi connectivity index (χ2n) is 7.76. The number of phenolic OH excluding ortho intramolecular Hbond substituents is 1. The third-order valence-corrected chi connectivity index (χ3v) is 5.29. The van der Waals surface area contributed by atoms with Crippen molar-refractivity contribution in [1.82, 2.24) is 20.2 Å². The quantitative estimate of drug-likeness (QED) is 0.529. The zero-order valence-corrected chi connectivity index (χ0v) is 17.9. The summed E-state index contributed by atoms with van der Waals surface area (Å²) in [6.45, 7) is 5.58. The molecule has 0 bridgehead atoms. The summed E-state index contributed by atoms with van der Waals surface area (Å²) >= 11 is 0. The molecule has 1 unspecified atom stereocenters. The van der Waals surface area contributed by atoms with Crippen molar-refractivity contribution in [2.24, 2.45) is 11.7 Å². The number of benzene rings is 1. The van der Waals surface area contributed by atoms with Gasteiger partial charge in [-0.2, -0.15) is 0 Å². The van der Waals surface area contributed by atoms with Gasteiger partial charge < -0.3 is 26.4 Å². The zero-order valence-electron chi connectivity index (χ0n) is 17.9. The SMILES string of the molecule is CC1CN(c2ccnc(C#CCN)n2)CCN(c2cc(-c3ccccc3O)nnc2N)C1. The summed E-state index contributed by atoms with van der Waals surface area (Å²) in [5, 5.41) is 18.6. The van der Waals surface area contributed by atoms with E-state index in [0.29, 0.717) is 28.8 Å². The van der Waals surface area contributed by atoms with Crippen LogP contribution in [0.3, 0.4) is 0 Å². The van der Waals surface area contributed by atoms with Crippen molar-refractivity contribution in [2.75, 3.05) is 48.3 Å². The van der Waals surface area contributed by atoms with Gasteiger partial charge in [-0.1, -0.05) is 25.0 Å². The third-order valence-electron chi connectivity index (χ3n) is 5.29. The molecular weight excluding hydrogens is 404 g/mol. The number of hydrogen-bond acceptors (Lipinski definition) is 9. The number of nitrogens with zero attached hydrogens (tertiary/aromatic N) is 6. The van der Waals surface area contributed by atoms with E-state index in [4.69, 9.17) is 11.5 Å². The minimum Gasteiger partial charge on any atom is -0.507 e. The molecule has 0 amide bonds. The van der Waals surface area contributed by atoms with Crippen LogP contribution in [0.15, 0.2) is 42.6 Å². The molecule has 164 valence electrons. The van der Waals surface area contributed by atoms with Gasteiger partial charge in [0.15, 0.2) is 5.82 Å². The van der Waals surface area contributed by atoms with Crippen molar-refractivity contribution in [3.05, 3.63) is 48.4 Å². The van der Waals surface area contributed by atoms with E-state index in [0.717, 1.165) is 37.7 Å². The van der Waals surface area contributed by atoms with E-state index in [9.17, 15) is 5.11 Å². The Morgan fingerprint density at radius 3 is 2.72 bits per heavy atom. The lowest BCUT2D eigenvalue weighted by atomic mass is 10.1. The van der Waals surface area contributed by atoms with E-state index in [-0.39, 0.29) is 12.3 Å². The van der Waals surface area contributed by atoms with Gasteiger partial charge in [0.2, 0.25) is 5.82 Å². The van der Waals surface area contributed by atoms with Gasteiger partial charge in [-0.05, 0) is 36.1 Å². The van der Waals surface area contributed by atoms with Crippen LogP contribution in [0.25, 0.3) is 11.3 Å². The highest BCUT2D eigenvalue weighted by Crippen LogP contribution is 2.32. The number of phenols is 1. The molecule has 1 aliphatic heterocycles. The lowest BCUT2D eigenvalue weighted by Crippen LogP contribution is -2.31. The number of hydrogen-bond donors (Lipinski definition) is 3. The van der Waals surface area contributed by atoms with Crippen molar-refractivity contribution in [1.29, 1.82) is 0 Å². The molecule has 9 heteroatoms. The van der Waals surface area contributed by atoms with Crippen LogP contribution in [-0.4, -0.2) is 58.0 Å². The predicted molar refractivity (Wildman–Crippen MR) is 125 cm³/mol. The molecule has 1 aromatic carbocycles. The molecule has 1 aliphatic rings. The van der Waals surface area contributed by atoms with E-state index in [2.05, 4.69) is 48.7 Å². The average molecular weight is 431 g/mol. The maximum Gasteiger partial charge on any atom is 0.206 e. The molecule has 3 aromatic rings. The summed E-state index contributed by atoms with van der Waals surface area (Å²) < 4.78 is 0. The number of para-hydroxylation sites is 1. The van der Waals surface area contributed by atoms with Crippen molar-refractivity contribution in [3.8, 4) is 28.8 Å². The lowest BCUT2D eigenvalue weighted by molar-refractivity contribution is 0.477. The maximum absolute atomic E-state index is 10.2. The molecule has 1 fully saturated rings. The first-order valence-electron chi connectivity index (χ1n) is 10.5. The van der Waals surface area contributed by atoms with Gasteiger partial charge in [-0.3, -0.25) is 0 Å². The summed E-state index contributed by atoms with van der Waals surface area (Å²) in [6, 6.07) is 10.9. The van der Waals surface area contributed by atoms with Crippen LogP contribution < -0.4 is 21.3 Å². The average Bonchev–Trinajstić information content (AvgIpc) is 3.00. The highest BCUT2D eigenvalue weighted by Gasteiger charge is 2.24. The summed E-state index contributed by atoms with van der Waals surface area (Å²) in [4.78, 5) is 13.2. The fraction of sp³-hybridized carbons (Fsp3) is 0.304. The number of aromatic hydroxyl groups is 1. The monoisotopic (exact) mass is 430 g/mol. The smallest absolute Gasteiger partial charge is 0.206 e. The van der Waals surface area contributed by atoms with Gasteiger partial charge in [0, 0.05) is 37.9 Å². The topological polar surface area (TPSA) is 130 Å². The second-order valence-corrected chi connectivity index (χ2v) is 7.76. The van der Waals surface area contributed by atoms with Gasteiger partial charge in [0.1, 0.15) is 11.6 Å². The van der Waals surface area contributed by atoms with E-state index < -0.39 is 0 Å². The summed E-state index contributed by atoms with van der Waals surface area (Å²) in [5.41, 5.74) is 13.7. The largest absolute Gasteiger partial charge is 0.507 e. The van der Waals surface area contributed by atoms with Crippen LogP contribution in [0.1, 0.15) is 12.7 Å². The molecule has 9 nitrogen and oxygen atoms in total. The first-order valence-corrected chi connectivity index (χ1v) is 10.5. The normalized spacial score (nSPS) is 16.2. The number of anilines is 3. The number of nitrogen functional groups attached to an aromatic ring is 1. The number of aromatic nitrogens is 4. The summed E-state index contributed by atoms with van der Waals surface area (Å²) in [7, 11) is 0. The molecule has 0 spiro atoms. The van der Waals surface area contributed by atoms with Crippen molar-refractivity contribution in [2.45, 2.75) is 6.92 Å². The number of nitrogens with two attached hydrogens (primary N) is 2. The predicted octanol–water partition coefficient (Wildman–Crippen LogP) is 1.49. The summed E-state index contributed by atoms with van der Waals surface area (Å²) in [5.74, 6) is 7.86. The van der Waals surface area contributed by atoms with Gasteiger partial charge in [-0.15, -0.1) is 10.2 Å². The molecule has 0 radical (unpaired) electrons. The molecule has 3 heterocycles.